The maximum absolute atomic E-state index is 11.6. The van der Waals surface area contributed by atoms with Crippen LogP contribution < -0.4 is 5.32 Å². The molecular weight excluding hydrogens is 268 g/mol. The van der Waals surface area contributed by atoms with Gasteiger partial charge in [-0.1, -0.05) is 6.42 Å². The molecule has 0 amide bonds. The van der Waals surface area contributed by atoms with Crippen LogP contribution in [0.25, 0.3) is 0 Å². The summed E-state index contributed by atoms with van der Waals surface area (Å²) in [6, 6.07) is 0. The third-order valence-electron chi connectivity index (χ3n) is 4.84. The van der Waals surface area contributed by atoms with Crippen molar-refractivity contribution < 1.29 is 9.90 Å². The molecule has 2 atom stereocenters. The van der Waals surface area contributed by atoms with Crippen molar-refractivity contribution in [2.24, 2.45) is 13.0 Å². The van der Waals surface area contributed by atoms with Gasteiger partial charge in [-0.05, 0) is 45.8 Å². The third kappa shape index (κ3) is 3.27. The van der Waals surface area contributed by atoms with Crippen LogP contribution in [0.5, 0.6) is 0 Å². The molecule has 2 N–H and O–H groups in total. The molecule has 0 aromatic carbocycles. The van der Waals surface area contributed by atoms with E-state index in [-0.39, 0.29) is 5.92 Å². The monoisotopic (exact) mass is 294 g/mol. The molecule has 118 valence electrons. The fourth-order valence-electron chi connectivity index (χ4n) is 3.43. The summed E-state index contributed by atoms with van der Waals surface area (Å²) < 4.78 is 2.02. The van der Waals surface area contributed by atoms with E-state index in [9.17, 15) is 9.90 Å². The van der Waals surface area contributed by atoms with Crippen LogP contribution in [-0.4, -0.2) is 51.7 Å². The average molecular weight is 294 g/mol. The minimum atomic E-state index is -0.732. The van der Waals surface area contributed by atoms with E-state index in [4.69, 9.17) is 0 Å². The summed E-state index contributed by atoms with van der Waals surface area (Å²) >= 11 is 0. The van der Waals surface area contributed by atoms with E-state index in [2.05, 4.69) is 22.2 Å². The number of rotatable bonds is 7. The lowest BCUT2D eigenvalue weighted by Gasteiger charge is -2.32. The Kier molecular flexibility index (Phi) is 5.00. The van der Waals surface area contributed by atoms with Gasteiger partial charge >= 0.3 is 5.97 Å². The zero-order chi connectivity index (χ0) is 15.5. The van der Waals surface area contributed by atoms with E-state index in [1.807, 2.05) is 17.8 Å². The molecule has 0 radical (unpaired) electrons. The number of nitrogens with one attached hydrogen (secondary N) is 1. The number of nitrogens with zero attached hydrogens (tertiary/aromatic N) is 3. The second-order valence-electron chi connectivity index (χ2n) is 6.10. The van der Waals surface area contributed by atoms with Crippen molar-refractivity contribution in [1.82, 2.24) is 19.8 Å². The zero-order valence-electron chi connectivity index (χ0n) is 13.2. The van der Waals surface area contributed by atoms with Crippen molar-refractivity contribution in [3.05, 3.63) is 18.2 Å². The molecule has 0 saturated heterocycles. The second-order valence-corrected chi connectivity index (χ2v) is 6.10. The number of carbonyl (C=O) groups is 1. The first-order valence-corrected chi connectivity index (χ1v) is 7.56. The summed E-state index contributed by atoms with van der Waals surface area (Å²) in [5.74, 6) is 0.519. The molecule has 1 heterocycles. The van der Waals surface area contributed by atoms with Gasteiger partial charge in [-0.15, -0.1) is 0 Å². The zero-order valence-corrected chi connectivity index (χ0v) is 13.2. The molecule has 1 aliphatic rings. The Hall–Kier alpha value is -1.40. The summed E-state index contributed by atoms with van der Waals surface area (Å²) in [6.45, 7) is 1.67. The maximum Gasteiger partial charge on any atom is 0.324 e. The Balaban J connectivity index is 1.90. The molecule has 0 aliphatic heterocycles. The highest BCUT2D eigenvalue weighted by molar-refractivity contribution is 5.79. The Bertz CT molecular complexity index is 488. The number of hydrogen-bond acceptors (Lipinski definition) is 4. The van der Waals surface area contributed by atoms with Crippen molar-refractivity contribution in [3.63, 3.8) is 0 Å². The molecule has 6 nitrogen and oxygen atoms in total. The molecule has 1 saturated carbocycles. The first kappa shape index (κ1) is 16.0. The second kappa shape index (κ2) is 6.58. The van der Waals surface area contributed by atoms with Gasteiger partial charge in [0.2, 0.25) is 0 Å². The quantitative estimate of drug-likeness (QED) is 0.787. The smallest absolute Gasteiger partial charge is 0.324 e. The third-order valence-corrected chi connectivity index (χ3v) is 4.84. The molecule has 21 heavy (non-hydrogen) atoms. The van der Waals surface area contributed by atoms with Crippen molar-refractivity contribution in [2.45, 2.75) is 37.8 Å². The number of hydrogen-bond donors (Lipinski definition) is 2. The lowest BCUT2D eigenvalue weighted by molar-refractivity contribution is -0.146. The number of imidazole rings is 1. The summed E-state index contributed by atoms with van der Waals surface area (Å²) in [6.07, 6.45) is 7.35. The maximum atomic E-state index is 11.6. The van der Waals surface area contributed by atoms with Crippen LogP contribution in [0.2, 0.25) is 0 Å². The summed E-state index contributed by atoms with van der Waals surface area (Å²) in [5, 5.41) is 12.6. The molecule has 1 aliphatic carbocycles. The number of likely N-dealkylation sites (N-methyl/N-ethyl adjacent to an activating group) is 1. The lowest BCUT2D eigenvalue weighted by atomic mass is 9.84. The van der Waals surface area contributed by atoms with E-state index in [0.29, 0.717) is 0 Å². The van der Waals surface area contributed by atoms with Crippen LogP contribution in [0.4, 0.5) is 0 Å². The highest BCUT2D eigenvalue weighted by atomic mass is 16.4. The number of carboxylic acids is 1. The van der Waals surface area contributed by atoms with E-state index in [1.54, 1.807) is 13.2 Å². The van der Waals surface area contributed by atoms with Crippen molar-refractivity contribution in [3.8, 4) is 0 Å². The first-order valence-electron chi connectivity index (χ1n) is 7.56. The van der Waals surface area contributed by atoms with Gasteiger partial charge in [-0.3, -0.25) is 9.69 Å². The predicted molar refractivity (Wildman–Crippen MR) is 80.9 cm³/mol. The van der Waals surface area contributed by atoms with Gasteiger partial charge in [-0.25, -0.2) is 4.98 Å². The Morgan fingerprint density at radius 2 is 2.43 bits per heavy atom. The highest BCUT2D eigenvalue weighted by Gasteiger charge is 2.47. The lowest BCUT2D eigenvalue weighted by Crippen LogP contribution is -2.53. The van der Waals surface area contributed by atoms with Gasteiger partial charge in [0.1, 0.15) is 11.4 Å². The van der Waals surface area contributed by atoms with E-state index in [0.717, 1.165) is 44.6 Å². The summed E-state index contributed by atoms with van der Waals surface area (Å²) in [4.78, 5) is 18.2. The number of aliphatic carboxylic acids is 1. The average Bonchev–Trinajstić information content (AvgIpc) is 3.04. The fraction of sp³-hybridized carbons (Fsp3) is 0.733. The van der Waals surface area contributed by atoms with E-state index in [1.165, 1.54) is 0 Å². The van der Waals surface area contributed by atoms with Crippen LogP contribution >= 0.6 is 0 Å². The minimum Gasteiger partial charge on any atom is -0.480 e. The van der Waals surface area contributed by atoms with E-state index < -0.39 is 11.5 Å². The van der Waals surface area contributed by atoms with Crippen molar-refractivity contribution in [1.29, 1.82) is 0 Å². The standard InChI is InChI=1S/C15H26N4O2/c1-16-15(14(20)21)7-4-5-12(15)6-9-18(2)11-13-17-8-10-19(13)3/h8,10,12,16H,4-7,9,11H2,1-3H3,(H,20,21). The largest absolute Gasteiger partial charge is 0.480 e. The van der Waals surface area contributed by atoms with Gasteiger partial charge in [-0.2, -0.15) is 0 Å². The van der Waals surface area contributed by atoms with Crippen LogP contribution in [0.3, 0.4) is 0 Å². The molecule has 1 fully saturated rings. The van der Waals surface area contributed by atoms with Gasteiger partial charge in [0.25, 0.3) is 0 Å². The first-order chi connectivity index (χ1) is 9.99. The van der Waals surface area contributed by atoms with Crippen LogP contribution in [0, 0.1) is 5.92 Å². The van der Waals surface area contributed by atoms with Gasteiger partial charge in [0.05, 0.1) is 6.54 Å². The Morgan fingerprint density at radius 1 is 1.67 bits per heavy atom. The van der Waals surface area contributed by atoms with Gasteiger partial charge in [0, 0.05) is 19.4 Å². The Morgan fingerprint density at radius 3 is 3.00 bits per heavy atom. The predicted octanol–water partition coefficient (Wildman–Crippen LogP) is 1.08. The van der Waals surface area contributed by atoms with Crippen molar-refractivity contribution >= 4 is 5.97 Å². The number of aryl methyl sites for hydroxylation is 1. The van der Waals surface area contributed by atoms with Crippen molar-refractivity contribution in [2.75, 3.05) is 20.6 Å². The molecule has 6 heteroatoms. The number of carboxylic acid groups (broad SMARTS) is 1. The number of aromatic nitrogens is 2. The molecular formula is C15H26N4O2. The van der Waals surface area contributed by atoms with Gasteiger partial charge in [0.15, 0.2) is 0 Å². The van der Waals surface area contributed by atoms with Crippen LogP contribution in [-0.2, 0) is 18.4 Å². The van der Waals surface area contributed by atoms with Crippen LogP contribution in [0.1, 0.15) is 31.5 Å². The molecule has 0 bridgehead atoms. The molecule has 1 aromatic rings. The minimum absolute atomic E-state index is 0.198. The molecule has 2 unspecified atom stereocenters. The highest BCUT2D eigenvalue weighted by Crippen LogP contribution is 2.38. The SMILES string of the molecule is CNC1(C(=O)O)CCCC1CCN(C)Cc1nccn1C. The molecule has 1 aromatic heterocycles. The summed E-state index contributed by atoms with van der Waals surface area (Å²) in [5.41, 5.74) is -0.732. The Labute approximate surface area is 126 Å². The van der Waals surface area contributed by atoms with Gasteiger partial charge < -0.3 is 15.0 Å². The molecule has 0 spiro atoms. The van der Waals surface area contributed by atoms with Crippen LogP contribution in [0.15, 0.2) is 12.4 Å². The topological polar surface area (TPSA) is 70.4 Å². The van der Waals surface area contributed by atoms with E-state index >= 15 is 0 Å². The fourth-order valence-corrected chi connectivity index (χ4v) is 3.43. The molecule has 2 rings (SSSR count). The summed E-state index contributed by atoms with van der Waals surface area (Å²) in [7, 11) is 5.82. The normalized spacial score (nSPS) is 25.6.